The van der Waals surface area contributed by atoms with Gasteiger partial charge in [-0.25, -0.2) is 0 Å². The molecule has 0 rings (SSSR count). The van der Waals surface area contributed by atoms with Crippen molar-refractivity contribution in [3.8, 4) is 0 Å². The Morgan fingerprint density at radius 1 is 0.333 bits per heavy atom. The molecule has 0 spiro atoms. The second kappa shape index (κ2) is 71.1. The van der Waals surface area contributed by atoms with Gasteiger partial charge in [0.2, 0.25) is 5.91 Å². The van der Waals surface area contributed by atoms with E-state index in [1.165, 1.54) is 366 Å². The van der Waals surface area contributed by atoms with Crippen LogP contribution >= 0.6 is 0 Å². The van der Waals surface area contributed by atoms with Gasteiger partial charge in [-0.05, 0) is 32.1 Å². The van der Waals surface area contributed by atoms with Crippen molar-refractivity contribution in [3.63, 3.8) is 0 Å². The van der Waals surface area contributed by atoms with Crippen LogP contribution in [-0.2, 0) is 14.3 Å². The van der Waals surface area contributed by atoms with Gasteiger partial charge >= 0.3 is 5.97 Å². The van der Waals surface area contributed by atoms with Crippen molar-refractivity contribution in [3.05, 3.63) is 12.2 Å². The SMILES string of the molecule is CCCCCCCCCC/C=C/C(O)C(CO)NC(=O)CCCCCCCCCCCCCCCCCCCCCCCCCCCCCCCCCCCCCCCCCOC(=O)CCCCCCCCCCCCCCCCC. The summed E-state index contributed by atoms with van der Waals surface area (Å²) >= 11 is 0. The maximum Gasteiger partial charge on any atom is 0.305 e. The van der Waals surface area contributed by atoms with E-state index in [-0.39, 0.29) is 18.5 Å². The molecule has 0 aromatic heterocycles. The van der Waals surface area contributed by atoms with E-state index in [0.717, 1.165) is 38.5 Å². The molecular formula is C75H147NO5. The number of carbonyl (C=O) groups is 2. The Morgan fingerprint density at radius 3 is 0.840 bits per heavy atom. The summed E-state index contributed by atoms with van der Waals surface area (Å²) in [5.74, 6) is -0.0339. The zero-order valence-electron chi connectivity index (χ0n) is 55.3. The highest BCUT2D eigenvalue weighted by Crippen LogP contribution is 2.20. The number of allylic oxidation sites excluding steroid dienone is 1. The van der Waals surface area contributed by atoms with Gasteiger partial charge < -0.3 is 20.3 Å². The molecule has 3 N–H and O–H groups in total. The van der Waals surface area contributed by atoms with Crippen molar-refractivity contribution in [1.82, 2.24) is 5.32 Å². The molecule has 482 valence electrons. The third-order valence-corrected chi connectivity index (χ3v) is 17.8. The first-order valence-electron chi connectivity index (χ1n) is 37.5. The van der Waals surface area contributed by atoms with Gasteiger partial charge in [0, 0.05) is 12.8 Å². The highest BCUT2D eigenvalue weighted by atomic mass is 16.5. The average molecular weight is 1140 g/mol. The van der Waals surface area contributed by atoms with E-state index < -0.39 is 12.1 Å². The van der Waals surface area contributed by atoms with Gasteiger partial charge in [-0.3, -0.25) is 9.59 Å². The summed E-state index contributed by atoms with van der Waals surface area (Å²) in [6, 6.07) is -0.620. The lowest BCUT2D eigenvalue weighted by Crippen LogP contribution is -2.45. The predicted octanol–water partition coefficient (Wildman–Crippen LogP) is 24.3. The number of unbranched alkanes of at least 4 members (excludes halogenated alkanes) is 60. The van der Waals surface area contributed by atoms with E-state index in [1.807, 2.05) is 6.08 Å². The lowest BCUT2D eigenvalue weighted by atomic mass is 10.0. The Hall–Kier alpha value is -1.40. The van der Waals surface area contributed by atoms with Gasteiger partial charge in [0.25, 0.3) is 0 Å². The minimum atomic E-state index is -0.837. The molecular weight excluding hydrogens is 995 g/mol. The monoisotopic (exact) mass is 1140 g/mol. The van der Waals surface area contributed by atoms with Crippen LogP contribution in [0.2, 0.25) is 0 Å². The Bertz CT molecular complexity index is 1220. The first kappa shape index (κ1) is 79.6. The smallest absolute Gasteiger partial charge is 0.305 e. The van der Waals surface area contributed by atoms with Gasteiger partial charge in [0.1, 0.15) is 0 Å². The standard InChI is InChI=1S/C75H147NO5/c1-3-5-7-9-11-13-15-16-42-46-49-53-57-61-65-69-75(80)81-70-66-62-58-54-50-47-44-41-39-37-35-33-31-29-27-25-23-21-19-17-18-20-22-24-26-28-30-32-34-36-38-40-43-45-48-52-56-60-64-68-74(79)76-72(71-77)73(78)67-63-59-55-51-14-12-10-8-6-4-2/h63,67,72-73,77-78H,3-62,64-66,68-71H2,1-2H3,(H,76,79)/b67-63+. The summed E-state index contributed by atoms with van der Waals surface area (Å²) in [6.07, 6.45) is 89.2. The van der Waals surface area contributed by atoms with Gasteiger partial charge in [-0.15, -0.1) is 0 Å². The molecule has 6 heteroatoms. The number of aliphatic hydroxyl groups is 2. The van der Waals surface area contributed by atoms with Crippen LogP contribution in [-0.4, -0.2) is 47.4 Å². The fourth-order valence-electron chi connectivity index (χ4n) is 12.1. The number of esters is 1. The quantitative estimate of drug-likeness (QED) is 0.0320. The normalized spacial score (nSPS) is 12.5. The second-order valence-electron chi connectivity index (χ2n) is 26.0. The molecule has 0 bridgehead atoms. The zero-order chi connectivity index (χ0) is 58.5. The summed E-state index contributed by atoms with van der Waals surface area (Å²) in [5, 5.41) is 23.0. The zero-order valence-corrected chi connectivity index (χ0v) is 55.3. The molecule has 1 amide bonds. The molecule has 2 unspecified atom stereocenters. The maximum absolute atomic E-state index is 12.4. The van der Waals surface area contributed by atoms with Crippen molar-refractivity contribution in [2.24, 2.45) is 0 Å². The minimum absolute atomic E-state index is 0.0276. The topological polar surface area (TPSA) is 95.9 Å². The molecule has 6 nitrogen and oxygen atoms in total. The van der Waals surface area contributed by atoms with Crippen LogP contribution in [0.4, 0.5) is 0 Å². The van der Waals surface area contributed by atoms with Crippen LogP contribution in [0, 0.1) is 0 Å². The molecule has 0 radical (unpaired) electrons. The van der Waals surface area contributed by atoms with Crippen LogP contribution < -0.4 is 5.32 Å². The van der Waals surface area contributed by atoms with E-state index in [2.05, 4.69) is 19.2 Å². The van der Waals surface area contributed by atoms with Gasteiger partial charge in [0.15, 0.2) is 0 Å². The number of rotatable bonds is 71. The summed E-state index contributed by atoms with van der Waals surface area (Å²) in [7, 11) is 0. The van der Waals surface area contributed by atoms with Crippen molar-refractivity contribution in [1.29, 1.82) is 0 Å². The summed E-state index contributed by atoms with van der Waals surface area (Å²) < 4.78 is 5.51. The fourth-order valence-corrected chi connectivity index (χ4v) is 12.1. The third-order valence-electron chi connectivity index (χ3n) is 17.8. The van der Waals surface area contributed by atoms with Crippen LogP contribution in [0.15, 0.2) is 12.2 Å². The minimum Gasteiger partial charge on any atom is -0.466 e. The Labute approximate surface area is 508 Å². The largest absolute Gasteiger partial charge is 0.466 e. The highest BCUT2D eigenvalue weighted by Gasteiger charge is 2.18. The third kappa shape index (κ3) is 67.6. The van der Waals surface area contributed by atoms with Crippen molar-refractivity contribution >= 4 is 11.9 Å². The molecule has 0 saturated carbocycles. The molecule has 0 aliphatic rings. The fraction of sp³-hybridized carbons (Fsp3) is 0.947. The van der Waals surface area contributed by atoms with E-state index in [4.69, 9.17) is 4.74 Å². The average Bonchev–Trinajstić information content (AvgIpc) is 3.47. The Morgan fingerprint density at radius 2 is 0.568 bits per heavy atom. The molecule has 0 aliphatic carbocycles. The van der Waals surface area contributed by atoms with E-state index in [9.17, 15) is 19.8 Å². The summed E-state index contributed by atoms with van der Waals surface area (Å²) in [6.45, 7) is 4.93. The van der Waals surface area contributed by atoms with Gasteiger partial charge in [-0.2, -0.15) is 0 Å². The van der Waals surface area contributed by atoms with Crippen molar-refractivity contribution < 1.29 is 24.5 Å². The van der Waals surface area contributed by atoms with Gasteiger partial charge in [-0.1, -0.05) is 398 Å². The van der Waals surface area contributed by atoms with E-state index >= 15 is 0 Å². The van der Waals surface area contributed by atoms with Crippen LogP contribution in [0.1, 0.15) is 431 Å². The van der Waals surface area contributed by atoms with Crippen LogP contribution in [0.25, 0.3) is 0 Å². The lowest BCUT2D eigenvalue weighted by Gasteiger charge is -2.20. The molecule has 0 aromatic rings. The maximum atomic E-state index is 12.4. The molecule has 81 heavy (non-hydrogen) atoms. The predicted molar refractivity (Wildman–Crippen MR) is 357 cm³/mol. The first-order chi connectivity index (χ1) is 40.0. The van der Waals surface area contributed by atoms with Crippen molar-refractivity contribution in [2.45, 2.75) is 443 Å². The molecule has 0 fully saturated rings. The number of ether oxygens (including phenoxy) is 1. The number of carbonyl (C=O) groups excluding carboxylic acids is 2. The molecule has 0 heterocycles. The van der Waals surface area contributed by atoms with E-state index in [1.54, 1.807) is 6.08 Å². The Kier molecular flexibility index (Phi) is 69.9. The number of nitrogens with one attached hydrogen (secondary N) is 1. The molecule has 2 atom stereocenters. The van der Waals surface area contributed by atoms with Crippen molar-refractivity contribution in [2.75, 3.05) is 13.2 Å². The first-order valence-corrected chi connectivity index (χ1v) is 37.5. The number of hydrogen-bond donors (Lipinski definition) is 3. The number of aliphatic hydroxyl groups excluding tert-OH is 2. The second-order valence-corrected chi connectivity index (χ2v) is 26.0. The van der Waals surface area contributed by atoms with E-state index in [0.29, 0.717) is 19.4 Å². The Balaban J connectivity index is 3.26. The molecule has 0 aromatic carbocycles. The molecule has 0 saturated heterocycles. The summed E-state index contributed by atoms with van der Waals surface area (Å²) in [4.78, 5) is 24.5. The molecule has 0 aliphatic heterocycles. The number of amides is 1. The summed E-state index contributed by atoms with van der Waals surface area (Å²) in [5.41, 5.74) is 0. The number of hydrogen-bond acceptors (Lipinski definition) is 5. The highest BCUT2D eigenvalue weighted by molar-refractivity contribution is 5.76. The van der Waals surface area contributed by atoms with Crippen LogP contribution in [0.3, 0.4) is 0 Å². The lowest BCUT2D eigenvalue weighted by molar-refractivity contribution is -0.143. The van der Waals surface area contributed by atoms with Gasteiger partial charge in [0.05, 0.1) is 25.4 Å². The van der Waals surface area contributed by atoms with Crippen LogP contribution in [0.5, 0.6) is 0 Å².